The van der Waals surface area contributed by atoms with Gasteiger partial charge in [0.25, 0.3) is 0 Å². The highest BCUT2D eigenvalue weighted by atomic mass is 35.5. The summed E-state index contributed by atoms with van der Waals surface area (Å²) < 4.78 is 1.22. The van der Waals surface area contributed by atoms with Crippen molar-refractivity contribution in [1.82, 2.24) is 19.6 Å². The number of hydrogen-bond acceptors (Lipinski definition) is 3. The number of fused-ring (bicyclic) bond motifs is 3. The van der Waals surface area contributed by atoms with E-state index in [0.29, 0.717) is 16.2 Å². The maximum Gasteiger partial charge on any atom is 0.348 e. The fourth-order valence-electron chi connectivity index (χ4n) is 1.56. The molecule has 3 rings (SSSR count). The van der Waals surface area contributed by atoms with Crippen LogP contribution in [0.4, 0.5) is 0 Å². The van der Waals surface area contributed by atoms with Crippen LogP contribution in [-0.2, 0) is 0 Å². The predicted molar refractivity (Wildman–Crippen MR) is 56.1 cm³/mol. The summed E-state index contributed by atoms with van der Waals surface area (Å²) in [6, 6.07) is 5.24. The molecule has 0 amide bonds. The summed E-state index contributed by atoms with van der Waals surface area (Å²) in [5, 5.41) is 5.21. The SMILES string of the molecule is O=c1[nH]c2cc(Cl)ccc2c2ncnn12. The van der Waals surface area contributed by atoms with E-state index >= 15 is 0 Å². The summed E-state index contributed by atoms with van der Waals surface area (Å²) in [6.45, 7) is 0. The number of hydrogen-bond donors (Lipinski definition) is 1. The molecule has 0 bridgehead atoms. The van der Waals surface area contributed by atoms with Crippen molar-refractivity contribution < 1.29 is 0 Å². The second kappa shape index (κ2) is 2.80. The average Bonchev–Trinajstić information content (AvgIpc) is 2.66. The lowest BCUT2D eigenvalue weighted by atomic mass is 10.2. The van der Waals surface area contributed by atoms with Crippen LogP contribution in [-0.4, -0.2) is 19.6 Å². The van der Waals surface area contributed by atoms with E-state index in [0.717, 1.165) is 5.39 Å². The number of aromatic amines is 1. The molecule has 0 aliphatic rings. The molecule has 0 aliphatic carbocycles. The molecule has 0 unspecified atom stereocenters. The normalized spacial score (nSPS) is 11.3. The van der Waals surface area contributed by atoms with E-state index in [1.54, 1.807) is 18.2 Å². The number of rotatable bonds is 0. The molecule has 0 saturated carbocycles. The van der Waals surface area contributed by atoms with E-state index in [2.05, 4.69) is 15.1 Å². The zero-order valence-corrected chi connectivity index (χ0v) is 8.19. The van der Waals surface area contributed by atoms with Crippen molar-refractivity contribution in [3.05, 3.63) is 40.0 Å². The lowest BCUT2D eigenvalue weighted by Crippen LogP contribution is -2.17. The molecular formula is C9H5ClN4O. The Balaban J connectivity index is 2.66. The number of aromatic nitrogens is 4. The molecule has 2 heterocycles. The molecule has 6 heteroatoms. The Morgan fingerprint density at radius 3 is 3.13 bits per heavy atom. The largest absolute Gasteiger partial charge is 0.348 e. The highest BCUT2D eigenvalue weighted by Gasteiger charge is 2.06. The van der Waals surface area contributed by atoms with Crippen LogP contribution >= 0.6 is 11.6 Å². The van der Waals surface area contributed by atoms with Crippen molar-refractivity contribution in [2.24, 2.45) is 0 Å². The summed E-state index contributed by atoms with van der Waals surface area (Å²) in [4.78, 5) is 18.2. The first-order valence-corrected chi connectivity index (χ1v) is 4.65. The molecular weight excluding hydrogens is 216 g/mol. The number of nitrogens with one attached hydrogen (secondary N) is 1. The maximum absolute atomic E-state index is 11.5. The topological polar surface area (TPSA) is 63.0 Å². The predicted octanol–water partition coefficient (Wildman–Crippen LogP) is 1.22. The molecule has 0 radical (unpaired) electrons. The minimum Gasteiger partial charge on any atom is -0.305 e. The van der Waals surface area contributed by atoms with Gasteiger partial charge in [0.2, 0.25) is 0 Å². The van der Waals surface area contributed by atoms with Crippen LogP contribution in [0.15, 0.2) is 29.3 Å². The minimum atomic E-state index is -0.322. The van der Waals surface area contributed by atoms with Gasteiger partial charge in [0.1, 0.15) is 6.33 Å². The van der Waals surface area contributed by atoms with Gasteiger partial charge >= 0.3 is 5.69 Å². The molecule has 5 nitrogen and oxygen atoms in total. The quantitative estimate of drug-likeness (QED) is 0.620. The fourth-order valence-corrected chi connectivity index (χ4v) is 1.73. The summed E-state index contributed by atoms with van der Waals surface area (Å²) in [5.41, 5.74) is 0.871. The zero-order valence-electron chi connectivity index (χ0n) is 7.44. The third-order valence-electron chi connectivity index (χ3n) is 2.20. The van der Waals surface area contributed by atoms with Crippen LogP contribution in [0.25, 0.3) is 16.6 Å². The summed E-state index contributed by atoms with van der Waals surface area (Å²) in [7, 11) is 0. The van der Waals surface area contributed by atoms with Crippen molar-refractivity contribution in [3.63, 3.8) is 0 Å². The van der Waals surface area contributed by atoms with Gasteiger partial charge in [-0.2, -0.15) is 9.61 Å². The van der Waals surface area contributed by atoms with E-state index in [1.165, 1.54) is 10.8 Å². The lowest BCUT2D eigenvalue weighted by Gasteiger charge is -1.99. The van der Waals surface area contributed by atoms with Crippen LogP contribution in [0.3, 0.4) is 0 Å². The van der Waals surface area contributed by atoms with Crippen molar-refractivity contribution in [1.29, 1.82) is 0 Å². The second-order valence-electron chi connectivity index (χ2n) is 3.12. The number of H-pyrrole nitrogens is 1. The number of benzene rings is 1. The van der Waals surface area contributed by atoms with E-state index in [9.17, 15) is 4.79 Å². The Bertz CT molecular complexity index is 715. The standard InChI is InChI=1S/C9H5ClN4O/c10-5-1-2-6-7(3-5)13-9(15)14-8(6)11-4-12-14/h1-4H,(H,13,15). The van der Waals surface area contributed by atoms with E-state index in [4.69, 9.17) is 11.6 Å². The van der Waals surface area contributed by atoms with Crippen LogP contribution < -0.4 is 5.69 Å². The third kappa shape index (κ3) is 1.13. The van der Waals surface area contributed by atoms with Crippen molar-refractivity contribution >= 4 is 28.2 Å². The van der Waals surface area contributed by atoms with Gasteiger partial charge in [-0.3, -0.25) is 0 Å². The molecule has 2 aromatic heterocycles. The number of nitrogens with zero attached hydrogens (tertiary/aromatic N) is 3. The maximum atomic E-state index is 11.5. The molecule has 0 atom stereocenters. The van der Waals surface area contributed by atoms with Crippen LogP contribution in [0.1, 0.15) is 0 Å². The first-order valence-electron chi connectivity index (χ1n) is 4.27. The summed E-state index contributed by atoms with van der Waals surface area (Å²) >= 11 is 5.83. The van der Waals surface area contributed by atoms with Crippen LogP contribution in [0.5, 0.6) is 0 Å². The van der Waals surface area contributed by atoms with Gasteiger partial charge in [-0.25, -0.2) is 9.78 Å². The molecule has 1 N–H and O–H groups in total. The molecule has 0 saturated heterocycles. The van der Waals surface area contributed by atoms with E-state index < -0.39 is 0 Å². The van der Waals surface area contributed by atoms with Gasteiger partial charge in [-0.05, 0) is 18.2 Å². The molecule has 1 aromatic carbocycles. The first-order chi connectivity index (χ1) is 7.25. The van der Waals surface area contributed by atoms with Gasteiger partial charge < -0.3 is 4.98 Å². The zero-order chi connectivity index (χ0) is 10.4. The lowest BCUT2D eigenvalue weighted by molar-refractivity contribution is 0.881. The van der Waals surface area contributed by atoms with E-state index in [-0.39, 0.29) is 5.69 Å². The van der Waals surface area contributed by atoms with E-state index in [1.807, 2.05) is 0 Å². The van der Waals surface area contributed by atoms with Gasteiger partial charge in [-0.1, -0.05) is 11.6 Å². The Morgan fingerprint density at radius 2 is 2.27 bits per heavy atom. The summed E-state index contributed by atoms with van der Waals surface area (Å²) in [6.07, 6.45) is 1.35. The fraction of sp³-hybridized carbons (Fsp3) is 0. The van der Waals surface area contributed by atoms with Crippen molar-refractivity contribution in [3.8, 4) is 0 Å². The Hall–Kier alpha value is -1.88. The average molecular weight is 221 g/mol. The highest BCUT2D eigenvalue weighted by molar-refractivity contribution is 6.31. The smallest absolute Gasteiger partial charge is 0.305 e. The van der Waals surface area contributed by atoms with Gasteiger partial charge in [-0.15, -0.1) is 0 Å². The third-order valence-corrected chi connectivity index (χ3v) is 2.44. The second-order valence-corrected chi connectivity index (χ2v) is 3.55. The molecule has 0 aliphatic heterocycles. The molecule has 3 aromatic rings. The van der Waals surface area contributed by atoms with Crippen LogP contribution in [0, 0.1) is 0 Å². The highest BCUT2D eigenvalue weighted by Crippen LogP contribution is 2.18. The Labute approximate surface area is 88.3 Å². The van der Waals surface area contributed by atoms with Crippen molar-refractivity contribution in [2.45, 2.75) is 0 Å². The Kier molecular flexibility index (Phi) is 1.58. The molecule has 0 spiro atoms. The summed E-state index contributed by atoms with van der Waals surface area (Å²) in [5.74, 6) is 0. The number of halogens is 1. The van der Waals surface area contributed by atoms with Crippen LogP contribution in [0.2, 0.25) is 5.02 Å². The van der Waals surface area contributed by atoms with Gasteiger partial charge in [0.15, 0.2) is 5.65 Å². The van der Waals surface area contributed by atoms with Gasteiger partial charge in [0, 0.05) is 10.4 Å². The molecule has 74 valence electrons. The monoisotopic (exact) mass is 220 g/mol. The minimum absolute atomic E-state index is 0.322. The van der Waals surface area contributed by atoms with Gasteiger partial charge in [0.05, 0.1) is 5.52 Å². The first kappa shape index (κ1) is 8.43. The molecule has 0 fully saturated rings. The van der Waals surface area contributed by atoms with Crippen molar-refractivity contribution in [2.75, 3.05) is 0 Å². The Morgan fingerprint density at radius 1 is 1.40 bits per heavy atom. The molecule has 15 heavy (non-hydrogen) atoms.